The first-order chi connectivity index (χ1) is 6.80. The van der Waals surface area contributed by atoms with Crippen LogP contribution in [0.15, 0.2) is 18.2 Å². The summed E-state index contributed by atoms with van der Waals surface area (Å²) in [6.07, 6.45) is 0.357. The fraction of sp³-hybridized carbons (Fsp3) is 0.300. The number of nitrogens with zero attached hydrogens (tertiary/aromatic N) is 1. The van der Waals surface area contributed by atoms with Crippen LogP contribution in [0.4, 0.5) is 5.69 Å². The van der Waals surface area contributed by atoms with Crippen molar-refractivity contribution in [2.75, 3.05) is 12.0 Å². The van der Waals surface area contributed by atoms with Crippen LogP contribution in [-0.2, 0) is 6.42 Å². The number of nitrogens with one attached hydrogen (secondary N) is 1. The maximum Gasteiger partial charge on any atom is 0.121 e. The van der Waals surface area contributed by atoms with Gasteiger partial charge >= 0.3 is 0 Å². The lowest BCUT2D eigenvalue weighted by Crippen LogP contribution is -2.07. The first kappa shape index (κ1) is 10.4. The van der Waals surface area contributed by atoms with Crippen LogP contribution in [0.5, 0.6) is 5.75 Å². The summed E-state index contributed by atoms with van der Waals surface area (Å²) in [6.45, 7) is 2.51. The SMILES string of the molecule is CCOc1cc(CC#N)cc(NN)c1. The Labute approximate surface area is 83.3 Å². The molecule has 0 spiro atoms. The number of nitrogens with two attached hydrogens (primary N) is 1. The Bertz CT molecular complexity index is 344. The Morgan fingerprint density at radius 1 is 1.50 bits per heavy atom. The monoisotopic (exact) mass is 191 g/mol. The Balaban J connectivity index is 2.95. The van der Waals surface area contributed by atoms with Gasteiger partial charge in [-0.3, -0.25) is 5.84 Å². The average molecular weight is 191 g/mol. The molecule has 0 bridgehead atoms. The minimum absolute atomic E-state index is 0.357. The Kier molecular flexibility index (Phi) is 3.77. The molecule has 74 valence electrons. The molecule has 4 nitrogen and oxygen atoms in total. The lowest BCUT2D eigenvalue weighted by molar-refractivity contribution is 0.340. The fourth-order valence-corrected chi connectivity index (χ4v) is 1.19. The molecule has 0 aromatic heterocycles. The zero-order chi connectivity index (χ0) is 10.4. The van der Waals surface area contributed by atoms with E-state index in [0.717, 1.165) is 17.0 Å². The zero-order valence-electron chi connectivity index (χ0n) is 8.08. The minimum atomic E-state index is 0.357. The molecular weight excluding hydrogens is 178 g/mol. The molecule has 0 amide bonds. The molecule has 0 heterocycles. The van der Waals surface area contributed by atoms with Gasteiger partial charge in [-0.15, -0.1) is 0 Å². The molecule has 1 rings (SSSR count). The third-order valence-electron chi connectivity index (χ3n) is 1.73. The van der Waals surface area contributed by atoms with E-state index >= 15 is 0 Å². The standard InChI is InChI=1S/C10H13N3O/c1-2-14-10-6-8(3-4-11)5-9(7-10)13-12/h5-7,13H,2-3,12H2,1H3. The van der Waals surface area contributed by atoms with E-state index in [1.165, 1.54) is 0 Å². The predicted molar refractivity (Wildman–Crippen MR) is 54.7 cm³/mol. The van der Waals surface area contributed by atoms with Gasteiger partial charge in [0, 0.05) is 6.07 Å². The van der Waals surface area contributed by atoms with Crippen molar-refractivity contribution in [3.05, 3.63) is 23.8 Å². The van der Waals surface area contributed by atoms with Crippen molar-refractivity contribution in [2.24, 2.45) is 5.84 Å². The minimum Gasteiger partial charge on any atom is -0.494 e. The van der Waals surface area contributed by atoms with Crippen molar-refractivity contribution in [3.63, 3.8) is 0 Å². The smallest absolute Gasteiger partial charge is 0.121 e. The van der Waals surface area contributed by atoms with Crippen molar-refractivity contribution in [3.8, 4) is 11.8 Å². The quantitative estimate of drug-likeness (QED) is 0.558. The topological polar surface area (TPSA) is 71.1 Å². The van der Waals surface area contributed by atoms with Crippen molar-refractivity contribution >= 4 is 5.69 Å². The Hall–Kier alpha value is -1.73. The fourth-order valence-electron chi connectivity index (χ4n) is 1.19. The van der Waals surface area contributed by atoms with Gasteiger partial charge in [-0.1, -0.05) is 0 Å². The molecule has 0 radical (unpaired) electrons. The number of nitrogen functional groups attached to an aromatic ring is 1. The summed E-state index contributed by atoms with van der Waals surface area (Å²) in [5.41, 5.74) is 4.18. The predicted octanol–water partition coefficient (Wildman–Crippen LogP) is 1.44. The van der Waals surface area contributed by atoms with E-state index in [4.69, 9.17) is 15.8 Å². The molecule has 1 aromatic carbocycles. The number of anilines is 1. The number of benzene rings is 1. The van der Waals surface area contributed by atoms with E-state index < -0.39 is 0 Å². The molecule has 4 heteroatoms. The lowest BCUT2D eigenvalue weighted by atomic mass is 10.1. The highest BCUT2D eigenvalue weighted by molar-refractivity contribution is 5.50. The molecule has 1 aromatic rings. The summed E-state index contributed by atoms with van der Waals surface area (Å²) in [4.78, 5) is 0. The van der Waals surface area contributed by atoms with E-state index in [1.807, 2.05) is 19.1 Å². The van der Waals surface area contributed by atoms with Crippen LogP contribution in [0, 0.1) is 11.3 Å². The number of nitriles is 1. The highest BCUT2D eigenvalue weighted by atomic mass is 16.5. The normalized spacial score (nSPS) is 9.21. The zero-order valence-corrected chi connectivity index (χ0v) is 8.08. The molecule has 0 fully saturated rings. The van der Waals surface area contributed by atoms with Crippen LogP contribution in [-0.4, -0.2) is 6.61 Å². The van der Waals surface area contributed by atoms with E-state index in [1.54, 1.807) is 6.07 Å². The first-order valence-electron chi connectivity index (χ1n) is 4.40. The molecule has 3 N–H and O–H groups in total. The van der Waals surface area contributed by atoms with Crippen LogP contribution in [0.1, 0.15) is 12.5 Å². The lowest BCUT2D eigenvalue weighted by Gasteiger charge is -2.07. The maximum absolute atomic E-state index is 8.56. The van der Waals surface area contributed by atoms with Gasteiger partial charge in [0.25, 0.3) is 0 Å². The van der Waals surface area contributed by atoms with Crippen LogP contribution in [0.3, 0.4) is 0 Å². The second-order valence-corrected chi connectivity index (χ2v) is 2.78. The van der Waals surface area contributed by atoms with Gasteiger partial charge in [0.2, 0.25) is 0 Å². The van der Waals surface area contributed by atoms with Crippen molar-refractivity contribution in [2.45, 2.75) is 13.3 Å². The van der Waals surface area contributed by atoms with E-state index in [0.29, 0.717) is 13.0 Å². The van der Waals surface area contributed by atoms with E-state index in [-0.39, 0.29) is 0 Å². The number of ether oxygens (including phenoxy) is 1. The third-order valence-corrected chi connectivity index (χ3v) is 1.73. The van der Waals surface area contributed by atoms with E-state index in [2.05, 4.69) is 11.5 Å². The summed E-state index contributed by atoms with van der Waals surface area (Å²) in [7, 11) is 0. The largest absolute Gasteiger partial charge is 0.494 e. The molecule has 0 saturated heterocycles. The molecule has 0 aliphatic carbocycles. The van der Waals surface area contributed by atoms with Gasteiger partial charge in [-0.05, 0) is 24.6 Å². The molecule has 0 atom stereocenters. The number of rotatable bonds is 4. The summed E-state index contributed by atoms with van der Waals surface area (Å²) in [6, 6.07) is 7.54. The summed E-state index contributed by atoms with van der Waals surface area (Å²) >= 11 is 0. The number of hydrogen-bond donors (Lipinski definition) is 2. The van der Waals surface area contributed by atoms with Crippen LogP contribution in [0.25, 0.3) is 0 Å². The highest BCUT2D eigenvalue weighted by Crippen LogP contribution is 2.20. The molecule has 0 unspecified atom stereocenters. The molecule has 0 saturated carbocycles. The van der Waals surface area contributed by atoms with Crippen molar-refractivity contribution < 1.29 is 4.74 Å². The van der Waals surface area contributed by atoms with Crippen LogP contribution in [0.2, 0.25) is 0 Å². The number of hydrogen-bond acceptors (Lipinski definition) is 4. The summed E-state index contributed by atoms with van der Waals surface area (Å²) in [5, 5.41) is 8.56. The van der Waals surface area contributed by atoms with Gasteiger partial charge in [0.05, 0.1) is 24.8 Å². The summed E-state index contributed by atoms with van der Waals surface area (Å²) < 4.78 is 5.33. The molecular formula is C10H13N3O. The molecule has 0 aliphatic rings. The first-order valence-corrected chi connectivity index (χ1v) is 4.40. The van der Waals surface area contributed by atoms with Crippen LogP contribution < -0.4 is 16.0 Å². The van der Waals surface area contributed by atoms with Crippen molar-refractivity contribution in [1.82, 2.24) is 0 Å². The highest BCUT2D eigenvalue weighted by Gasteiger charge is 2.00. The Morgan fingerprint density at radius 2 is 2.29 bits per heavy atom. The summed E-state index contributed by atoms with van der Waals surface area (Å²) in [5.74, 6) is 6.02. The molecule has 0 aliphatic heterocycles. The van der Waals surface area contributed by atoms with E-state index in [9.17, 15) is 0 Å². The third kappa shape index (κ3) is 2.64. The van der Waals surface area contributed by atoms with Gasteiger partial charge in [-0.25, -0.2) is 0 Å². The molecule has 14 heavy (non-hydrogen) atoms. The van der Waals surface area contributed by atoms with Crippen molar-refractivity contribution in [1.29, 1.82) is 5.26 Å². The average Bonchev–Trinajstić information content (AvgIpc) is 2.18. The number of hydrazine groups is 1. The van der Waals surface area contributed by atoms with Gasteiger partial charge < -0.3 is 10.2 Å². The maximum atomic E-state index is 8.56. The van der Waals surface area contributed by atoms with Gasteiger partial charge in [0.15, 0.2) is 0 Å². The van der Waals surface area contributed by atoms with Gasteiger partial charge in [0.1, 0.15) is 5.75 Å². The second-order valence-electron chi connectivity index (χ2n) is 2.78. The second kappa shape index (κ2) is 5.10. The Morgan fingerprint density at radius 3 is 2.86 bits per heavy atom. The van der Waals surface area contributed by atoms with Gasteiger partial charge in [-0.2, -0.15) is 5.26 Å². The van der Waals surface area contributed by atoms with Crippen LogP contribution >= 0.6 is 0 Å².